The maximum Gasteiger partial charge on any atom is 0.236 e. The van der Waals surface area contributed by atoms with Crippen LogP contribution in [0.5, 0.6) is 0 Å². The SMILES string of the molecule is CCC(CCl)S(=O)(=O)Cl. The van der Waals surface area contributed by atoms with Gasteiger partial charge in [-0.15, -0.1) is 11.6 Å². The molecule has 2 nitrogen and oxygen atoms in total. The summed E-state index contributed by atoms with van der Waals surface area (Å²) < 4.78 is 20.9. The Kier molecular flexibility index (Phi) is 3.85. The minimum atomic E-state index is -3.42. The van der Waals surface area contributed by atoms with Gasteiger partial charge in [0.15, 0.2) is 0 Å². The first-order valence-electron chi connectivity index (χ1n) is 2.51. The van der Waals surface area contributed by atoms with Crippen molar-refractivity contribution >= 4 is 31.3 Å². The predicted molar refractivity (Wildman–Crippen MR) is 39.6 cm³/mol. The largest absolute Gasteiger partial charge is 0.236 e. The maximum atomic E-state index is 10.5. The third kappa shape index (κ3) is 3.28. The van der Waals surface area contributed by atoms with E-state index in [0.717, 1.165) is 0 Å². The lowest BCUT2D eigenvalue weighted by Gasteiger charge is -2.03. The van der Waals surface area contributed by atoms with Crippen molar-refractivity contribution in [1.29, 1.82) is 0 Å². The summed E-state index contributed by atoms with van der Waals surface area (Å²) in [7, 11) is 1.56. The molecule has 0 aromatic carbocycles. The average Bonchev–Trinajstić information content (AvgIpc) is 1.65. The molecule has 0 radical (unpaired) electrons. The molecule has 0 aliphatic heterocycles. The second kappa shape index (κ2) is 3.64. The molecule has 1 unspecified atom stereocenters. The molecule has 5 heteroatoms. The van der Waals surface area contributed by atoms with E-state index in [-0.39, 0.29) is 5.88 Å². The number of halogens is 2. The molecule has 0 aromatic rings. The first-order chi connectivity index (χ1) is 4.02. The number of rotatable bonds is 3. The van der Waals surface area contributed by atoms with Crippen LogP contribution in [0.15, 0.2) is 0 Å². The second-order valence-corrected chi connectivity index (χ2v) is 4.88. The van der Waals surface area contributed by atoms with Crippen LogP contribution >= 0.6 is 22.3 Å². The molecule has 0 rings (SSSR count). The fourth-order valence-corrected chi connectivity index (χ4v) is 2.41. The molecule has 0 aliphatic carbocycles. The molecule has 0 bridgehead atoms. The monoisotopic (exact) mass is 190 g/mol. The van der Waals surface area contributed by atoms with Crippen molar-refractivity contribution in [3.63, 3.8) is 0 Å². The molecule has 0 aliphatic rings. The standard InChI is InChI=1S/C4H8Cl2O2S/c1-2-4(3-5)9(6,7)8/h4H,2-3H2,1H3. The Morgan fingerprint density at radius 1 is 1.56 bits per heavy atom. The van der Waals surface area contributed by atoms with E-state index in [9.17, 15) is 8.42 Å². The first-order valence-corrected chi connectivity index (χ1v) is 5.42. The van der Waals surface area contributed by atoms with Crippen LogP contribution in [0.1, 0.15) is 13.3 Å². The molecule has 0 aromatic heterocycles. The molecule has 0 saturated carbocycles. The Morgan fingerprint density at radius 2 is 2.00 bits per heavy atom. The minimum Gasteiger partial charge on any atom is -0.212 e. The highest BCUT2D eigenvalue weighted by atomic mass is 35.7. The van der Waals surface area contributed by atoms with Gasteiger partial charge in [-0.1, -0.05) is 6.92 Å². The lowest BCUT2D eigenvalue weighted by atomic mass is 10.4. The van der Waals surface area contributed by atoms with Crippen LogP contribution in [-0.4, -0.2) is 19.5 Å². The van der Waals surface area contributed by atoms with E-state index in [4.69, 9.17) is 22.3 Å². The summed E-state index contributed by atoms with van der Waals surface area (Å²) in [6, 6.07) is 0. The van der Waals surface area contributed by atoms with Crippen LogP contribution in [0.25, 0.3) is 0 Å². The summed E-state index contributed by atoms with van der Waals surface area (Å²) in [5, 5.41) is -0.596. The zero-order chi connectivity index (χ0) is 7.49. The second-order valence-electron chi connectivity index (χ2n) is 1.66. The quantitative estimate of drug-likeness (QED) is 0.501. The first kappa shape index (κ1) is 9.53. The van der Waals surface area contributed by atoms with Crippen molar-refractivity contribution in [2.24, 2.45) is 0 Å². The van der Waals surface area contributed by atoms with Gasteiger partial charge in [0.25, 0.3) is 0 Å². The van der Waals surface area contributed by atoms with Crippen LogP contribution in [0.3, 0.4) is 0 Å². The van der Waals surface area contributed by atoms with E-state index in [1.807, 2.05) is 0 Å². The van der Waals surface area contributed by atoms with Gasteiger partial charge in [-0.3, -0.25) is 0 Å². The van der Waals surface area contributed by atoms with Crippen LogP contribution in [0, 0.1) is 0 Å². The number of hydrogen-bond acceptors (Lipinski definition) is 2. The molecule has 56 valence electrons. The highest BCUT2D eigenvalue weighted by Crippen LogP contribution is 2.11. The maximum absolute atomic E-state index is 10.5. The molecule has 9 heavy (non-hydrogen) atoms. The Morgan fingerprint density at radius 3 is 2.00 bits per heavy atom. The van der Waals surface area contributed by atoms with Gasteiger partial charge < -0.3 is 0 Å². The molecular weight excluding hydrogens is 183 g/mol. The zero-order valence-corrected chi connectivity index (χ0v) is 7.30. The molecule has 0 fully saturated rings. The van der Waals surface area contributed by atoms with Crippen molar-refractivity contribution in [2.75, 3.05) is 5.88 Å². The lowest BCUT2D eigenvalue weighted by Crippen LogP contribution is -2.16. The Labute approximate surface area is 64.6 Å². The summed E-state index contributed by atoms with van der Waals surface area (Å²) in [6.07, 6.45) is 0.468. The lowest BCUT2D eigenvalue weighted by molar-refractivity contribution is 0.596. The molecule has 0 saturated heterocycles. The summed E-state index contributed by atoms with van der Waals surface area (Å²) >= 11 is 5.29. The van der Waals surface area contributed by atoms with Gasteiger partial charge in [0, 0.05) is 16.6 Å². The summed E-state index contributed by atoms with van der Waals surface area (Å²) in [4.78, 5) is 0. The topological polar surface area (TPSA) is 34.1 Å². The van der Waals surface area contributed by atoms with Crippen LogP contribution in [0.4, 0.5) is 0 Å². The van der Waals surface area contributed by atoms with E-state index in [0.29, 0.717) is 6.42 Å². The molecular formula is C4H8Cl2O2S. The van der Waals surface area contributed by atoms with Gasteiger partial charge in [0.2, 0.25) is 9.05 Å². The van der Waals surface area contributed by atoms with Gasteiger partial charge in [0.05, 0.1) is 5.25 Å². The molecule has 0 N–H and O–H groups in total. The van der Waals surface area contributed by atoms with Crippen molar-refractivity contribution in [1.82, 2.24) is 0 Å². The third-order valence-corrected chi connectivity index (χ3v) is 3.63. The van der Waals surface area contributed by atoms with Gasteiger partial charge >= 0.3 is 0 Å². The highest BCUT2D eigenvalue weighted by molar-refractivity contribution is 8.14. The van der Waals surface area contributed by atoms with E-state index >= 15 is 0 Å². The zero-order valence-electron chi connectivity index (χ0n) is 4.97. The Balaban J connectivity index is 4.14. The molecule has 0 heterocycles. The van der Waals surface area contributed by atoms with Crippen LogP contribution < -0.4 is 0 Å². The fraction of sp³-hybridized carbons (Fsp3) is 1.00. The Hall–Kier alpha value is 0.530. The van der Waals surface area contributed by atoms with Gasteiger partial charge in [-0.2, -0.15) is 0 Å². The van der Waals surface area contributed by atoms with Crippen molar-refractivity contribution in [3.8, 4) is 0 Å². The van der Waals surface area contributed by atoms with Crippen molar-refractivity contribution in [3.05, 3.63) is 0 Å². The normalized spacial score (nSPS) is 15.4. The van der Waals surface area contributed by atoms with Gasteiger partial charge in [-0.05, 0) is 6.42 Å². The summed E-state index contributed by atoms with van der Waals surface area (Å²) in [6.45, 7) is 1.73. The number of hydrogen-bond donors (Lipinski definition) is 0. The van der Waals surface area contributed by atoms with Gasteiger partial charge in [0.1, 0.15) is 0 Å². The highest BCUT2D eigenvalue weighted by Gasteiger charge is 2.18. The molecule has 0 spiro atoms. The third-order valence-electron chi connectivity index (χ3n) is 1.03. The minimum absolute atomic E-state index is 0.0718. The van der Waals surface area contributed by atoms with E-state index in [1.54, 1.807) is 6.92 Å². The fourth-order valence-electron chi connectivity index (χ4n) is 0.383. The van der Waals surface area contributed by atoms with E-state index in [2.05, 4.69) is 0 Å². The van der Waals surface area contributed by atoms with E-state index in [1.165, 1.54) is 0 Å². The molecule has 1 atom stereocenters. The van der Waals surface area contributed by atoms with Crippen molar-refractivity contribution < 1.29 is 8.42 Å². The summed E-state index contributed by atoms with van der Waals surface area (Å²) in [5.41, 5.74) is 0. The predicted octanol–water partition coefficient (Wildman–Crippen LogP) is 1.57. The van der Waals surface area contributed by atoms with Crippen LogP contribution in [0.2, 0.25) is 0 Å². The van der Waals surface area contributed by atoms with E-state index < -0.39 is 14.3 Å². The summed E-state index contributed by atoms with van der Waals surface area (Å²) in [5.74, 6) is 0.0718. The smallest absolute Gasteiger partial charge is 0.212 e. The molecule has 0 amide bonds. The van der Waals surface area contributed by atoms with Crippen LogP contribution in [-0.2, 0) is 9.05 Å². The number of alkyl halides is 1. The average molecular weight is 191 g/mol. The van der Waals surface area contributed by atoms with Crippen molar-refractivity contribution in [2.45, 2.75) is 18.6 Å². The van der Waals surface area contributed by atoms with Gasteiger partial charge in [-0.25, -0.2) is 8.42 Å². The Bertz CT molecular complexity index is 159.